The molecule has 35 heavy (non-hydrogen) atoms. The van der Waals surface area contributed by atoms with Gasteiger partial charge in [-0.25, -0.2) is 9.97 Å². The molecule has 0 saturated heterocycles. The number of aryl methyl sites for hydroxylation is 1. The molecule has 0 aliphatic carbocycles. The van der Waals surface area contributed by atoms with Gasteiger partial charge in [0.05, 0.1) is 40.3 Å². The van der Waals surface area contributed by atoms with E-state index in [4.69, 9.17) is 10.00 Å². The summed E-state index contributed by atoms with van der Waals surface area (Å²) in [7, 11) is 0. The molecule has 4 aromatic rings. The number of carbonyl (C=O) groups is 1. The predicted octanol–water partition coefficient (Wildman–Crippen LogP) is 5.92. The van der Waals surface area contributed by atoms with Crippen molar-refractivity contribution < 1.29 is 22.7 Å². The first-order valence-electron chi connectivity index (χ1n) is 9.95. The zero-order valence-electron chi connectivity index (χ0n) is 17.9. The summed E-state index contributed by atoms with van der Waals surface area (Å²) >= 11 is 1.07. The van der Waals surface area contributed by atoms with Crippen LogP contribution in [0.5, 0.6) is 11.6 Å². The highest BCUT2D eigenvalue weighted by Gasteiger charge is 2.30. The van der Waals surface area contributed by atoms with E-state index in [0.29, 0.717) is 33.3 Å². The molecule has 176 valence electrons. The fourth-order valence-electron chi connectivity index (χ4n) is 2.97. The van der Waals surface area contributed by atoms with Crippen molar-refractivity contribution >= 4 is 33.9 Å². The third-order valence-electron chi connectivity index (χ3n) is 4.60. The largest absolute Gasteiger partial charge is 0.439 e. The number of benzene rings is 1. The number of aromatic nitrogens is 3. The molecule has 3 heterocycles. The van der Waals surface area contributed by atoms with Gasteiger partial charge in [0.1, 0.15) is 16.6 Å². The van der Waals surface area contributed by atoms with E-state index in [1.165, 1.54) is 36.7 Å². The van der Waals surface area contributed by atoms with Gasteiger partial charge in [-0.2, -0.15) is 22.8 Å². The fourth-order valence-corrected chi connectivity index (χ4v) is 3.77. The van der Waals surface area contributed by atoms with Gasteiger partial charge in [-0.15, -0.1) is 0 Å². The van der Waals surface area contributed by atoms with E-state index >= 15 is 0 Å². The fraction of sp³-hybridized carbons (Fsp3) is 0.0870. The van der Waals surface area contributed by atoms with Crippen LogP contribution in [0.4, 0.5) is 29.7 Å². The first-order valence-corrected chi connectivity index (χ1v) is 10.7. The van der Waals surface area contributed by atoms with E-state index < -0.39 is 17.6 Å². The number of hydrogen-bond acceptors (Lipinski definition) is 8. The van der Waals surface area contributed by atoms with Crippen LogP contribution in [0.3, 0.4) is 0 Å². The smallest absolute Gasteiger partial charge is 0.416 e. The second-order valence-corrected chi connectivity index (χ2v) is 7.88. The number of ether oxygens (including phenoxy) is 1. The van der Waals surface area contributed by atoms with Crippen LogP contribution in [0, 0.1) is 18.3 Å². The summed E-state index contributed by atoms with van der Waals surface area (Å²) in [4.78, 5) is 21.1. The summed E-state index contributed by atoms with van der Waals surface area (Å²) in [6.45, 7) is 1.68. The topological polar surface area (TPSA) is 113 Å². The highest BCUT2D eigenvalue weighted by atomic mass is 32.1. The number of nitrogens with zero attached hydrogens (tertiary/aromatic N) is 4. The number of nitriles is 1. The Hall–Kier alpha value is -4.50. The normalized spacial score (nSPS) is 10.9. The number of halogens is 3. The van der Waals surface area contributed by atoms with Crippen molar-refractivity contribution in [3.8, 4) is 17.7 Å². The second-order valence-electron chi connectivity index (χ2n) is 7.11. The average Bonchev–Trinajstić information content (AvgIpc) is 3.20. The Kier molecular flexibility index (Phi) is 6.61. The number of alkyl halides is 3. The number of nitrogens with one attached hydrogen (secondary N) is 2. The highest BCUT2D eigenvalue weighted by Crippen LogP contribution is 2.33. The molecule has 0 unspecified atom stereocenters. The van der Waals surface area contributed by atoms with Crippen LogP contribution in [-0.4, -0.2) is 20.2 Å². The van der Waals surface area contributed by atoms with E-state index in [9.17, 15) is 18.0 Å². The van der Waals surface area contributed by atoms with E-state index in [1.54, 1.807) is 19.1 Å². The van der Waals surface area contributed by atoms with Crippen LogP contribution in [0.15, 0.2) is 60.9 Å². The van der Waals surface area contributed by atoms with E-state index in [0.717, 1.165) is 23.7 Å². The molecule has 0 saturated carbocycles. The molecule has 1 amide bonds. The van der Waals surface area contributed by atoms with E-state index in [-0.39, 0.29) is 11.6 Å². The third kappa shape index (κ3) is 5.71. The van der Waals surface area contributed by atoms with Crippen molar-refractivity contribution in [3.05, 3.63) is 83.3 Å². The van der Waals surface area contributed by atoms with Gasteiger partial charge in [-0.1, -0.05) is 6.07 Å². The number of rotatable bonds is 6. The first-order chi connectivity index (χ1) is 16.7. The van der Waals surface area contributed by atoms with Crippen LogP contribution in [-0.2, 0) is 6.18 Å². The molecule has 0 aliphatic heterocycles. The van der Waals surface area contributed by atoms with Crippen molar-refractivity contribution in [2.45, 2.75) is 13.1 Å². The third-order valence-corrected chi connectivity index (χ3v) is 5.45. The summed E-state index contributed by atoms with van der Waals surface area (Å²) in [5.41, 5.74) is 0.700. The molecule has 8 nitrogen and oxygen atoms in total. The minimum absolute atomic E-state index is 0.0196. The Morgan fingerprint density at radius 2 is 1.97 bits per heavy atom. The van der Waals surface area contributed by atoms with Crippen molar-refractivity contribution in [3.63, 3.8) is 0 Å². The molecule has 4 rings (SSSR count). The van der Waals surface area contributed by atoms with Crippen LogP contribution in [0.1, 0.15) is 27.2 Å². The number of anilines is 3. The number of carbonyl (C=O) groups excluding carboxylic acids is 1. The standard InChI is InChI=1S/C23H15F3N6O2S/c1-13-20(22(35-32-13)31-18-9-14(11-27)7-8-28-18)21(33)30-16-5-6-19(29-12-16)34-17-4-2-3-15(10-17)23(24,25)26/h2-10,12H,1H3,(H,28,31)(H,30,33). The van der Waals surface area contributed by atoms with Crippen LogP contribution in [0.2, 0.25) is 0 Å². The van der Waals surface area contributed by atoms with Gasteiger partial charge < -0.3 is 15.4 Å². The molecule has 3 aromatic heterocycles. The minimum Gasteiger partial charge on any atom is -0.439 e. The Bertz CT molecular complexity index is 1410. The van der Waals surface area contributed by atoms with Gasteiger partial charge in [0.25, 0.3) is 5.91 Å². The Labute approximate surface area is 201 Å². The number of hydrogen-bond donors (Lipinski definition) is 2. The maximum Gasteiger partial charge on any atom is 0.416 e. The average molecular weight is 496 g/mol. The minimum atomic E-state index is -4.49. The molecule has 0 radical (unpaired) electrons. The van der Waals surface area contributed by atoms with Gasteiger partial charge >= 0.3 is 6.18 Å². The van der Waals surface area contributed by atoms with Crippen LogP contribution < -0.4 is 15.4 Å². The summed E-state index contributed by atoms with van der Waals surface area (Å²) in [5, 5.41) is 15.2. The molecule has 2 N–H and O–H groups in total. The molecule has 0 bridgehead atoms. The van der Waals surface area contributed by atoms with Gasteiger partial charge in [-0.05, 0) is 54.9 Å². The van der Waals surface area contributed by atoms with Gasteiger partial charge in [0.15, 0.2) is 0 Å². The Morgan fingerprint density at radius 1 is 1.14 bits per heavy atom. The van der Waals surface area contributed by atoms with E-state index in [1.807, 2.05) is 6.07 Å². The summed E-state index contributed by atoms with van der Waals surface area (Å²) in [5.74, 6) is -0.0292. The SMILES string of the molecule is Cc1nsc(Nc2cc(C#N)ccn2)c1C(=O)Nc1ccc(Oc2cccc(C(F)(F)F)c2)nc1. The highest BCUT2D eigenvalue weighted by molar-refractivity contribution is 7.10. The molecular weight excluding hydrogens is 481 g/mol. The zero-order valence-corrected chi connectivity index (χ0v) is 18.7. The lowest BCUT2D eigenvalue weighted by atomic mass is 10.2. The second kappa shape index (κ2) is 9.78. The van der Waals surface area contributed by atoms with Gasteiger partial charge in [0, 0.05) is 12.3 Å². The van der Waals surface area contributed by atoms with Crippen molar-refractivity contribution in [2.24, 2.45) is 0 Å². The lowest BCUT2D eigenvalue weighted by molar-refractivity contribution is -0.137. The molecule has 0 fully saturated rings. The summed E-state index contributed by atoms with van der Waals surface area (Å²) < 4.78 is 48.2. The summed E-state index contributed by atoms with van der Waals surface area (Å²) in [6.07, 6.45) is -1.69. The number of pyridine rings is 2. The Balaban J connectivity index is 1.46. The molecule has 0 atom stereocenters. The zero-order chi connectivity index (χ0) is 25.0. The molecule has 0 aliphatic rings. The molecule has 0 spiro atoms. The van der Waals surface area contributed by atoms with Crippen molar-refractivity contribution in [1.29, 1.82) is 5.26 Å². The lowest BCUT2D eigenvalue weighted by Gasteiger charge is -2.10. The molecule has 12 heteroatoms. The maximum absolute atomic E-state index is 12.9. The van der Waals surface area contributed by atoms with Crippen molar-refractivity contribution in [1.82, 2.24) is 14.3 Å². The Morgan fingerprint density at radius 3 is 2.69 bits per heavy atom. The van der Waals surface area contributed by atoms with Gasteiger partial charge in [0.2, 0.25) is 5.88 Å². The van der Waals surface area contributed by atoms with Crippen molar-refractivity contribution in [2.75, 3.05) is 10.6 Å². The van der Waals surface area contributed by atoms with Crippen LogP contribution in [0.25, 0.3) is 0 Å². The quantitative estimate of drug-likeness (QED) is 0.341. The van der Waals surface area contributed by atoms with Crippen LogP contribution >= 0.6 is 11.5 Å². The summed E-state index contributed by atoms with van der Waals surface area (Å²) in [6, 6.07) is 12.5. The number of amides is 1. The molecular formula is C23H15F3N6O2S. The van der Waals surface area contributed by atoms with Gasteiger partial charge in [-0.3, -0.25) is 4.79 Å². The predicted molar refractivity (Wildman–Crippen MR) is 123 cm³/mol. The monoisotopic (exact) mass is 496 g/mol. The lowest BCUT2D eigenvalue weighted by Crippen LogP contribution is -2.14. The first kappa shape index (κ1) is 23.7. The van der Waals surface area contributed by atoms with E-state index in [2.05, 4.69) is 25.0 Å². The molecule has 1 aromatic carbocycles. The maximum atomic E-state index is 12.9.